The lowest BCUT2D eigenvalue weighted by molar-refractivity contribution is -0.117. The maximum Gasteiger partial charge on any atom is 0.261 e. The van der Waals surface area contributed by atoms with Gasteiger partial charge in [-0.15, -0.1) is 11.3 Å². The summed E-state index contributed by atoms with van der Waals surface area (Å²) in [6, 6.07) is 11.7. The summed E-state index contributed by atoms with van der Waals surface area (Å²) in [6.45, 7) is 2.08. The Bertz CT molecular complexity index is 730. The highest BCUT2D eigenvalue weighted by atomic mass is 32.1. The fourth-order valence-electron chi connectivity index (χ4n) is 1.91. The standard InChI is InChI=1S/C17H17N3O2S/c1-12(21)17-20-11-15(23-17)9-14(10-18)16(22)19-8-7-13-5-3-2-4-6-13/h2-6,9,11-12,21H,7-8H2,1H3,(H,19,22)/b14-9+. The van der Waals surface area contributed by atoms with Crippen LogP contribution in [0.4, 0.5) is 0 Å². The van der Waals surface area contributed by atoms with Gasteiger partial charge in [-0.1, -0.05) is 30.3 Å². The number of thiazole rings is 1. The number of benzene rings is 1. The van der Waals surface area contributed by atoms with Gasteiger partial charge >= 0.3 is 0 Å². The summed E-state index contributed by atoms with van der Waals surface area (Å²) >= 11 is 1.25. The van der Waals surface area contributed by atoms with Gasteiger partial charge in [-0.25, -0.2) is 4.98 Å². The third-order valence-corrected chi connectivity index (χ3v) is 4.21. The molecule has 118 valence electrons. The van der Waals surface area contributed by atoms with Crippen molar-refractivity contribution >= 4 is 23.3 Å². The van der Waals surface area contributed by atoms with Crippen molar-refractivity contribution in [2.45, 2.75) is 19.4 Å². The second-order valence-electron chi connectivity index (χ2n) is 4.94. The first-order valence-electron chi connectivity index (χ1n) is 7.18. The zero-order chi connectivity index (χ0) is 16.7. The first-order valence-corrected chi connectivity index (χ1v) is 7.99. The van der Waals surface area contributed by atoms with Crippen molar-refractivity contribution in [2.75, 3.05) is 6.54 Å². The van der Waals surface area contributed by atoms with Crippen LogP contribution in [0.2, 0.25) is 0 Å². The van der Waals surface area contributed by atoms with Crippen molar-refractivity contribution in [2.24, 2.45) is 0 Å². The fourth-order valence-corrected chi connectivity index (χ4v) is 2.71. The van der Waals surface area contributed by atoms with Gasteiger partial charge in [-0.05, 0) is 25.0 Å². The van der Waals surface area contributed by atoms with Crippen molar-refractivity contribution in [3.05, 3.63) is 57.6 Å². The summed E-state index contributed by atoms with van der Waals surface area (Å²) in [5.74, 6) is -0.407. The number of aromatic nitrogens is 1. The van der Waals surface area contributed by atoms with Gasteiger partial charge in [0.15, 0.2) is 0 Å². The van der Waals surface area contributed by atoms with E-state index in [2.05, 4.69) is 10.3 Å². The average molecular weight is 327 g/mol. The average Bonchev–Trinajstić information content (AvgIpc) is 3.02. The van der Waals surface area contributed by atoms with Gasteiger partial charge in [0.05, 0.1) is 0 Å². The topological polar surface area (TPSA) is 86.0 Å². The van der Waals surface area contributed by atoms with E-state index in [1.807, 2.05) is 36.4 Å². The Labute approximate surface area is 138 Å². The van der Waals surface area contributed by atoms with Gasteiger partial charge in [0.1, 0.15) is 22.8 Å². The molecule has 1 heterocycles. The Balaban J connectivity index is 1.95. The van der Waals surface area contributed by atoms with E-state index in [9.17, 15) is 9.90 Å². The van der Waals surface area contributed by atoms with Crippen molar-refractivity contribution in [3.8, 4) is 6.07 Å². The number of carbonyl (C=O) groups excluding carboxylic acids is 1. The zero-order valence-electron chi connectivity index (χ0n) is 12.7. The predicted octanol–water partition coefficient (Wildman–Crippen LogP) is 2.46. The second kappa shape index (κ2) is 8.22. The monoisotopic (exact) mass is 327 g/mol. The van der Waals surface area contributed by atoms with E-state index in [0.717, 1.165) is 5.56 Å². The van der Waals surface area contributed by atoms with Crippen LogP contribution in [0.1, 0.15) is 28.5 Å². The SMILES string of the molecule is CC(O)c1ncc(/C=C(\C#N)C(=O)NCCc2ccccc2)s1. The molecule has 0 saturated heterocycles. The molecular weight excluding hydrogens is 310 g/mol. The van der Waals surface area contributed by atoms with Crippen LogP contribution in [-0.2, 0) is 11.2 Å². The minimum Gasteiger partial charge on any atom is -0.386 e. The van der Waals surface area contributed by atoms with Crippen LogP contribution in [0.5, 0.6) is 0 Å². The summed E-state index contributed by atoms with van der Waals surface area (Å²) in [7, 11) is 0. The molecule has 23 heavy (non-hydrogen) atoms. The number of nitriles is 1. The molecule has 1 unspecified atom stereocenters. The second-order valence-corrected chi connectivity index (χ2v) is 6.03. The maximum absolute atomic E-state index is 12.0. The molecule has 0 aliphatic rings. The quantitative estimate of drug-likeness (QED) is 0.630. The van der Waals surface area contributed by atoms with E-state index in [1.165, 1.54) is 17.4 Å². The first-order chi connectivity index (χ1) is 11.1. The fraction of sp³-hybridized carbons (Fsp3) is 0.235. The van der Waals surface area contributed by atoms with E-state index in [1.54, 1.807) is 13.1 Å². The van der Waals surface area contributed by atoms with Crippen molar-refractivity contribution < 1.29 is 9.90 Å². The minimum atomic E-state index is -0.660. The summed E-state index contributed by atoms with van der Waals surface area (Å²) in [6.07, 6.45) is 3.08. The molecule has 5 nitrogen and oxygen atoms in total. The van der Waals surface area contributed by atoms with Crippen LogP contribution in [0.15, 0.2) is 42.1 Å². The third-order valence-electron chi connectivity index (χ3n) is 3.09. The van der Waals surface area contributed by atoms with E-state index in [4.69, 9.17) is 5.26 Å². The van der Waals surface area contributed by atoms with Crippen LogP contribution in [0, 0.1) is 11.3 Å². The molecule has 0 saturated carbocycles. The molecule has 0 aliphatic carbocycles. The molecule has 0 spiro atoms. The van der Waals surface area contributed by atoms with Gasteiger partial charge in [-0.2, -0.15) is 5.26 Å². The van der Waals surface area contributed by atoms with Crippen LogP contribution < -0.4 is 5.32 Å². The number of amides is 1. The van der Waals surface area contributed by atoms with Crippen LogP contribution in [0.25, 0.3) is 6.08 Å². The molecular formula is C17H17N3O2S. The van der Waals surface area contributed by atoms with Crippen LogP contribution in [0.3, 0.4) is 0 Å². The normalized spacial score (nSPS) is 12.5. The Kier molecular flexibility index (Phi) is 6.03. The summed E-state index contributed by atoms with van der Waals surface area (Å²) in [5.41, 5.74) is 1.15. The molecule has 1 atom stereocenters. The number of rotatable bonds is 6. The molecule has 6 heteroatoms. The molecule has 1 amide bonds. The molecule has 0 fully saturated rings. The smallest absolute Gasteiger partial charge is 0.261 e. The Hall–Kier alpha value is -2.49. The molecule has 2 aromatic rings. The molecule has 2 rings (SSSR count). The Morgan fingerprint density at radius 3 is 2.83 bits per heavy atom. The zero-order valence-corrected chi connectivity index (χ0v) is 13.5. The van der Waals surface area contributed by atoms with Gasteiger partial charge in [0.2, 0.25) is 0 Å². The summed E-state index contributed by atoms with van der Waals surface area (Å²) in [5, 5.41) is 21.9. The number of hydrogen-bond donors (Lipinski definition) is 2. The Morgan fingerprint density at radius 1 is 1.48 bits per heavy atom. The lowest BCUT2D eigenvalue weighted by atomic mass is 10.1. The summed E-state index contributed by atoms with van der Waals surface area (Å²) in [4.78, 5) is 16.8. The highest BCUT2D eigenvalue weighted by molar-refractivity contribution is 7.12. The molecule has 0 bridgehead atoms. The van der Waals surface area contributed by atoms with E-state index in [-0.39, 0.29) is 5.57 Å². The van der Waals surface area contributed by atoms with E-state index < -0.39 is 12.0 Å². The van der Waals surface area contributed by atoms with Crippen molar-refractivity contribution in [1.29, 1.82) is 5.26 Å². The number of aliphatic hydroxyl groups excluding tert-OH is 1. The maximum atomic E-state index is 12.0. The van der Waals surface area contributed by atoms with Crippen LogP contribution >= 0.6 is 11.3 Å². The molecule has 1 aromatic heterocycles. The number of nitrogens with zero attached hydrogens (tertiary/aromatic N) is 2. The van der Waals surface area contributed by atoms with E-state index >= 15 is 0 Å². The van der Waals surface area contributed by atoms with Gasteiger partial charge in [0, 0.05) is 17.6 Å². The van der Waals surface area contributed by atoms with Crippen molar-refractivity contribution in [3.63, 3.8) is 0 Å². The van der Waals surface area contributed by atoms with E-state index in [0.29, 0.717) is 22.9 Å². The largest absolute Gasteiger partial charge is 0.386 e. The van der Waals surface area contributed by atoms with Gasteiger partial charge < -0.3 is 10.4 Å². The predicted molar refractivity (Wildman–Crippen MR) is 89.5 cm³/mol. The minimum absolute atomic E-state index is 0.0267. The van der Waals surface area contributed by atoms with Gasteiger partial charge in [-0.3, -0.25) is 4.79 Å². The number of carbonyl (C=O) groups is 1. The highest BCUT2D eigenvalue weighted by Gasteiger charge is 2.11. The highest BCUT2D eigenvalue weighted by Crippen LogP contribution is 2.21. The lowest BCUT2D eigenvalue weighted by Crippen LogP contribution is -2.26. The van der Waals surface area contributed by atoms with Crippen LogP contribution in [-0.4, -0.2) is 22.5 Å². The number of hydrogen-bond acceptors (Lipinski definition) is 5. The molecule has 0 radical (unpaired) electrons. The molecule has 2 N–H and O–H groups in total. The lowest BCUT2D eigenvalue weighted by Gasteiger charge is -2.04. The molecule has 0 aliphatic heterocycles. The third kappa shape index (κ3) is 5.02. The number of nitrogens with one attached hydrogen (secondary N) is 1. The number of aliphatic hydroxyl groups is 1. The Morgan fingerprint density at radius 2 is 2.22 bits per heavy atom. The first kappa shape index (κ1) is 16.9. The van der Waals surface area contributed by atoms with Crippen molar-refractivity contribution in [1.82, 2.24) is 10.3 Å². The summed E-state index contributed by atoms with van der Waals surface area (Å²) < 4.78 is 0. The molecule has 1 aromatic carbocycles. The van der Waals surface area contributed by atoms with Gasteiger partial charge in [0.25, 0.3) is 5.91 Å².